The molecule has 1 heterocycles. The van der Waals surface area contributed by atoms with E-state index in [2.05, 4.69) is 41.6 Å². The largest absolute Gasteiger partial charge is 0.436 e. The van der Waals surface area contributed by atoms with Gasteiger partial charge >= 0.3 is 0 Å². The van der Waals surface area contributed by atoms with Crippen LogP contribution in [0.25, 0.3) is 22.6 Å². The predicted octanol–water partition coefficient (Wildman–Crippen LogP) is 6.19. The summed E-state index contributed by atoms with van der Waals surface area (Å²) in [7, 11) is 0. The summed E-state index contributed by atoms with van der Waals surface area (Å²) >= 11 is 21.7. The van der Waals surface area contributed by atoms with Gasteiger partial charge in [-0.2, -0.15) is 0 Å². The minimum atomic E-state index is -2.10. The van der Waals surface area contributed by atoms with E-state index in [-0.39, 0.29) is 5.11 Å². The number of aromatic nitrogens is 1. The molecular weight excluding hydrogens is 453 g/mol. The molecule has 0 aliphatic heterocycles. The highest BCUT2D eigenvalue weighted by Crippen LogP contribution is 2.29. The van der Waals surface area contributed by atoms with E-state index in [1.165, 1.54) is 5.56 Å². The number of alkyl halides is 3. The van der Waals surface area contributed by atoms with Crippen molar-refractivity contribution in [1.82, 2.24) is 10.3 Å². The second-order valence-corrected chi connectivity index (χ2v) is 9.23. The SMILES string of the molecule is CCC(C)c1ccc2oc(-c3cccc(NC(=S)NC(=O)C(Cl)(Cl)Cl)c3)nc2c1. The van der Waals surface area contributed by atoms with Gasteiger partial charge in [-0.3, -0.25) is 10.1 Å². The number of hydrogen-bond donors (Lipinski definition) is 2. The quantitative estimate of drug-likeness (QED) is 0.351. The van der Waals surface area contributed by atoms with E-state index >= 15 is 0 Å². The van der Waals surface area contributed by atoms with Crippen molar-refractivity contribution < 1.29 is 9.21 Å². The fourth-order valence-electron chi connectivity index (χ4n) is 2.68. The Morgan fingerprint density at radius 3 is 2.69 bits per heavy atom. The maximum absolute atomic E-state index is 11.7. The van der Waals surface area contributed by atoms with Crippen molar-refractivity contribution in [3.05, 3.63) is 48.0 Å². The number of halogens is 3. The zero-order chi connectivity index (χ0) is 21.2. The van der Waals surface area contributed by atoms with Gasteiger partial charge in [-0.15, -0.1) is 0 Å². The van der Waals surface area contributed by atoms with Crippen LogP contribution in [0.15, 0.2) is 46.9 Å². The molecule has 0 spiro atoms. The molecule has 1 atom stereocenters. The van der Waals surface area contributed by atoms with Gasteiger partial charge in [0.05, 0.1) is 0 Å². The van der Waals surface area contributed by atoms with Gasteiger partial charge < -0.3 is 9.73 Å². The summed E-state index contributed by atoms with van der Waals surface area (Å²) in [6.07, 6.45) is 1.05. The molecule has 2 N–H and O–H groups in total. The molecule has 0 radical (unpaired) electrons. The average molecular weight is 471 g/mol. The molecule has 0 saturated heterocycles. The Labute approximate surface area is 188 Å². The number of anilines is 1. The first-order chi connectivity index (χ1) is 13.7. The van der Waals surface area contributed by atoms with Crippen molar-refractivity contribution in [3.8, 4) is 11.5 Å². The standard InChI is InChI=1S/C20H18Cl3N3O2S/c1-3-11(2)12-7-8-16-15(10-12)25-17(28-16)13-5-4-6-14(9-13)24-19(29)26-18(27)20(21,22)23/h4-11H,3H2,1-2H3,(H2,24,26,27,29). The number of oxazole rings is 1. The third-order valence-electron chi connectivity index (χ3n) is 4.44. The van der Waals surface area contributed by atoms with Crippen LogP contribution in [-0.2, 0) is 4.79 Å². The minimum absolute atomic E-state index is 0.00855. The summed E-state index contributed by atoms with van der Waals surface area (Å²) in [5.74, 6) is 0.101. The molecule has 9 heteroatoms. The lowest BCUT2D eigenvalue weighted by atomic mass is 9.98. The summed E-state index contributed by atoms with van der Waals surface area (Å²) in [6, 6.07) is 13.3. The lowest BCUT2D eigenvalue weighted by Crippen LogP contribution is -2.41. The molecule has 0 aliphatic rings. The van der Waals surface area contributed by atoms with Crippen molar-refractivity contribution in [2.24, 2.45) is 0 Å². The molecule has 0 bridgehead atoms. The molecule has 29 heavy (non-hydrogen) atoms. The normalized spacial score (nSPS) is 12.6. The van der Waals surface area contributed by atoms with Crippen molar-refractivity contribution in [2.75, 3.05) is 5.32 Å². The van der Waals surface area contributed by atoms with Crippen LogP contribution >= 0.6 is 47.0 Å². The van der Waals surface area contributed by atoms with Crippen LogP contribution in [0.5, 0.6) is 0 Å². The number of hydrogen-bond acceptors (Lipinski definition) is 4. The Balaban J connectivity index is 1.80. The van der Waals surface area contributed by atoms with Gasteiger partial charge in [-0.25, -0.2) is 4.98 Å². The highest BCUT2D eigenvalue weighted by atomic mass is 35.6. The van der Waals surface area contributed by atoms with E-state index in [9.17, 15) is 4.79 Å². The minimum Gasteiger partial charge on any atom is -0.436 e. The van der Waals surface area contributed by atoms with Crippen molar-refractivity contribution >= 4 is 74.8 Å². The number of amides is 1. The second kappa shape index (κ2) is 8.88. The molecule has 5 nitrogen and oxygen atoms in total. The summed E-state index contributed by atoms with van der Waals surface area (Å²) < 4.78 is 3.80. The van der Waals surface area contributed by atoms with Gasteiger partial charge in [-0.1, -0.05) is 60.8 Å². The number of benzene rings is 2. The van der Waals surface area contributed by atoms with Crippen molar-refractivity contribution in [2.45, 2.75) is 30.0 Å². The van der Waals surface area contributed by atoms with Crippen LogP contribution in [0.4, 0.5) is 5.69 Å². The lowest BCUT2D eigenvalue weighted by molar-refractivity contribution is -0.118. The molecule has 0 fully saturated rings. The van der Waals surface area contributed by atoms with Gasteiger partial charge in [0.15, 0.2) is 10.7 Å². The van der Waals surface area contributed by atoms with Gasteiger partial charge in [0.25, 0.3) is 9.70 Å². The van der Waals surface area contributed by atoms with E-state index in [0.29, 0.717) is 17.5 Å². The Hall–Kier alpha value is -1.86. The van der Waals surface area contributed by atoms with E-state index in [0.717, 1.165) is 23.1 Å². The zero-order valence-electron chi connectivity index (χ0n) is 15.6. The molecule has 0 aliphatic carbocycles. The molecule has 3 rings (SSSR count). The first-order valence-corrected chi connectivity index (χ1v) is 10.4. The van der Waals surface area contributed by atoms with Gasteiger partial charge in [0.1, 0.15) is 5.52 Å². The first-order valence-electron chi connectivity index (χ1n) is 8.87. The van der Waals surface area contributed by atoms with Crippen molar-refractivity contribution in [1.29, 1.82) is 0 Å². The van der Waals surface area contributed by atoms with Crippen LogP contribution in [0, 0.1) is 0 Å². The maximum Gasteiger partial charge on any atom is 0.278 e. The first kappa shape index (κ1) is 21.8. The van der Waals surface area contributed by atoms with E-state index in [1.54, 1.807) is 12.1 Å². The fourth-order valence-corrected chi connectivity index (χ4v) is 3.03. The van der Waals surface area contributed by atoms with Gasteiger partial charge in [-0.05, 0) is 60.5 Å². The van der Waals surface area contributed by atoms with Crippen LogP contribution in [-0.4, -0.2) is 19.8 Å². The number of fused-ring (bicyclic) bond motifs is 1. The van der Waals surface area contributed by atoms with Crippen LogP contribution in [0.3, 0.4) is 0 Å². The van der Waals surface area contributed by atoms with Crippen molar-refractivity contribution in [3.63, 3.8) is 0 Å². The predicted molar refractivity (Wildman–Crippen MR) is 123 cm³/mol. The number of carbonyl (C=O) groups is 1. The molecular formula is C20H18Cl3N3O2S. The highest BCUT2D eigenvalue weighted by Gasteiger charge is 2.31. The molecule has 1 amide bonds. The summed E-state index contributed by atoms with van der Waals surface area (Å²) in [6.45, 7) is 4.34. The number of nitrogens with zero attached hydrogens (tertiary/aromatic N) is 1. The third-order valence-corrected chi connectivity index (χ3v) is 5.16. The molecule has 2 aromatic carbocycles. The molecule has 1 unspecified atom stereocenters. The van der Waals surface area contributed by atoms with Crippen LogP contribution in [0.2, 0.25) is 0 Å². The molecule has 1 aromatic heterocycles. The monoisotopic (exact) mass is 469 g/mol. The summed E-state index contributed by atoms with van der Waals surface area (Å²) in [5, 5.41) is 5.20. The smallest absolute Gasteiger partial charge is 0.278 e. The van der Waals surface area contributed by atoms with E-state index < -0.39 is 9.70 Å². The fraction of sp³-hybridized carbons (Fsp3) is 0.250. The Bertz CT molecular complexity index is 1060. The van der Waals surface area contributed by atoms with Gasteiger partial charge in [0.2, 0.25) is 5.89 Å². The third kappa shape index (κ3) is 5.39. The zero-order valence-corrected chi connectivity index (χ0v) is 18.7. The van der Waals surface area contributed by atoms with E-state index in [4.69, 9.17) is 51.4 Å². The van der Waals surface area contributed by atoms with Crippen LogP contribution < -0.4 is 10.6 Å². The number of nitrogens with one attached hydrogen (secondary N) is 2. The van der Waals surface area contributed by atoms with Gasteiger partial charge in [0, 0.05) is 11.3 Å². The summed E-state index contributed by atoms with van der Waals surface area (Å²) in [5.41, 5.74) is 4.13. The summed E-state index contributed by atoms with van der Waals surface area (Å²) in [4.78, 5) is 16.3. The topological polar surface area (TPSA) is 67.2 Å². The second-order valence-electron chi connectivity index (χ2n) is 6.54. The Kier molecular flexibility index (Phi) is 6.69. The number of rotatable bonds is 4. The molecule has 152 valence electrons. The lowest BCUT2D eigenvalue weighted by Gasteiger charge is -2.13. The van der Waals surface area contributed by atoms with Crippen LogP contribution in [0.1, 0.15) is 31.7 Å². The maximum atomic E-state index is 11.7. The average Bonchev–Trinajstić information content (AvgIpc) is 3.10. The van der Waals surface area contributed by atoms with E-state index in [1.807, 2.05) is 18.2 Å². The highest BCUT2D eigenvalue weighted by molar-refractivity contribution is 7.80. The number of thiocarbonyl (C=S) groups is 1. The Morgan fingerprint density at radius 1 is 1.24 bits per heavy atom. The Morgan fingerprint density at radius 2 is 2.00 bits per heavy atom. The molecule has 0 saturated carbocycles. The molecule has 3 aromatic rings. The number of carbonyl (C=O) groups excluding carboxylic acids is 1.